The van der Waals surface area contributed by atoms with Crippen molar-refractivity contribution in [3.05, 3.63) is 20.8 Å². The van der Waals surface area contributed by atoms with Crippen molar-refractivity contribution in [2.45, 2.75) is 11.2 Å². The number of Topliss-reactive ketones (excluding diaryl/α,β-unsaturated/α-hetero) is 1. The number of thiophene rings is 1. The standard InChI is InChI=1S/C7H4BrClOS/c8-4-2-5-3(7(4)10)1-6(9)11-5/h1,4H,2H2. The van der Waals surface area contributed by atoms with Crippen molar-refractivity contribution in [3.8, 4) is 0 Å². The van der Waals surface area contributed by atoms with Gasteiger partial charge in [-0.2, -0.15) is 0 Å². The summed E-state index contributed by atoms with van der Waals surface area (Å²) in [4.78, 5) is 12.4. The van der Waals surface area contributed by atoms with Crippen LogP contribution in [-0.4, -0.2) is 10.6 Å². The number of rotatable bonds is 0. The van der Waals surface area contributed by atoms with Crippen LogP contribution in [0.3, 0.4) is 0 Å². The molecule has 1 heterocycles. The molecule has 0 saturated heterocycles. The van der Waals surface area contributed by atoms with E-state index >= 15 is 0 Å². The molecule has 4 heteroatoms. The molecule has 1 aliphatic carbocycles. The maximum atomic E-state index is 11.3. The number of carbonyl (C=O) groups is 1. The number of hydrogen-bond acceptors (Lipinski definition) is 2. The van der Waals surface area contributed by atoms with Crippen LogP contribution in [0.4, 0.5) is 0 Å². The molecule has 0 aliphatic heterocycles. The molecule has 0 bridgehead atoms. The fourth-order valence-electron chi connectivity index (χ4n) is 1.18. The average molecular weight is 252 g/mol. The third-order valence-corrected chi connectivity index (χ3v) is 3.72. The first-order valence-corrected chi connectivity index (χ1v) is 5.26. The van der Waals surface area contributed by atoms with Gasteiger partial charge in [-0.25, -0.2) is 0 Å². The smallest absolute Gasteiger partial charge is 0.177 e. The van der Waals surface area contributed by atoms with Gasteiger partial charge in [-0.1, -0.05) is 27.5 Å². The van der Waals surface area contributed by atoms with E-state index in [1.165, 1.54) is 11.3 Å². The Morgan fingerprint density at radius 3 is 3.09 bits per heavy atom. The molecule has 0 saturated carbocycles. The van der Waals surface area contributed by atoms with Crippen molar-refractivity contribution < 1.29 is 4.79 Å². The molecule has 0 spiro atoms. The molecule has 2 rings (SSSR count). The molecule has 1 nitrogen and oxygen atoms in total. The number of hydrogen-bond donors (Lipinski definition) is 0. The molecular weight excluding hydrogens is 247 g/mol. The highest BCUT2D eigenvalue weighted by atomic mass is 79.9. The largest absolute Gasteiger partial charge is 0.293 e. The molecule has 0 N–H and O–H groups in total. The molecular formula is C7H4BrClOS. The van der Waals surface area contributed by atoms with E-state index in [1.807, 2.05) is 0 Å². The van der Waals surface area contributed by atoms with Crippen LogP contribution >= 0.6 is 38.9 Å². The van der Waals surface area contributed by atoms with E-state index in [0.717, 1.165) is 16.9 Å². The molecule has 1 aromatic rings. The first-order chi connectivity index (χ1) is 5.18. The lowest BCUT2D eigenvalue weighted by atomic mass is 10.2. The Morgan fingerprint density at radius 1 is 1.73 bits per heavy atom. The molecule has 1 atom stereocenters. The highest BCUT2D eigenvalue weighted by molar-refractivity contribution is 9.10. The summed E-state index contributed by atoms with van der Waals surface area (Å²) >= 11 is 10.5. The summed E-state index contributed by atoms with van der Waals surface area (Å²) in [5.74, 6) is 0.170. The van der Waals surface area contributed by atoms with E-state index in [9.17, 15) is 4.79 Å². The summed E-state index contributed by atoms with van der Waals surface area (Å²) in [5, 5.41) is 0. The van der Waals surface area contributed by atoms with Gasteiger partial charge in [0, 0.05) is 16.9 Å². The van der Waals surface area contributed by atoms with Crippen LogP contribution < -0.4 is 0 Å². The van der Waals surface area contributed by atoms with E-state index in [2.05, 4.69) is 15.9 Å². The molecule has 0 amide bonds. The van der Waals surface area contributed by atoms with Crippen molar-refractivity contribution in [3.63, 3.8) is 0 Å². The van der Waals surface area contributed by atoms with Gasteiger partial charge < -0.3 is 0 Å². The molecule has 11 heavy (non-hydrogen) atoms. The Balaban J connectivity index is 2.52. The Morgan fingerprint density at radius 2 is 2.45 bits per heavy atom. The van der Waals surface area contributed by atoms with Crippen LogP contribution in [0, 0.1) is 0 Å². The zero-order valence-corrected chi connectivity index (χ0v) is 8.59. The monoisotopic (exact) mass is 250 g/mol. The van der Waals surface area contributed by atoms with Gasteiger partial charge in [0.1, 0.15) is 0 Å². The predicted octanol–water partition coefficient (Wildman–Crippen LogP) is 2.90. The van der Waals surface area contributed by atoms with Crippen LogP contribution in [0.5, 0.6) is 0 Å². The summed E-state index contributed by atoms with van der Waals surface area (Å²) in [6, 6.07) is 1.76. The van der Waals surface area contributed by atoms with Crippen LogP contribution in [0.2, 0.25) is 4.34 Å². The Hall–Kier alpha value is 0.140. The SMILES string of the molecule is O=C1c2cc(Cl)sc2CC1Br. The second-order valence-electron chi connectivity index (χ2n) is 2.42. The van der Waals surface area contributed by atoms with Crippen LogP contribution in [0.1, 0.15) is 15.2 Å². The van der Waals surface area contributed by atoms with Gasteiger partial charge >= 0.3 is 0 Å². The lowest BCUT2D eigenvalue weighted by molar-refractivity contribution is 0.100. The van der Waals surface area contributed by atoms with E-state index in [1.54, 1.807) is 6.07 Å². The van der Waals surface area contributed by atoms with E-state index in [4.69, 9.17) is 11.6 Å². The summed E-state index contributed by atoms with van der Waals surface area (Å²) in [6.45, 7) is 0. The normalized spacial score (nSPS) is 22.4. The average Bonchev–Trinajstić information content (AvgIpc) is 2.37. The van der Waals surface area contributed by atoms with Crippen LogP contribution in [0.25, 0.3) is 0 Å². The zero-order valence-electron chi connectivity index (χ0n) is 5.43. The fourth-order valence-corrected chi connectivity index (χ4v) is 3.29. The number of alkyl halides is 1. The molecule has 0 aromatic carbocycles. The minimum Gasteiger partial charge on any atom is -0.293 e. The van der Waals surface area contributed by atoms with Crippen molar-refractivity contribution >= 4 is 44.7 Å². The molecule has 1 aromatic heterocycles. The van der Waals surface area contributed by atoms with Crippen molar-refractivity contribution in [2.75, 3.05) is 0 Å². The van der Waals surface area contributed by atoms with Gasteiger partial charge in [-0.3, -0.25) is 4.79 Å². The summed E-state index contributed by atoms with van der Waals surface area (Å²) in [7, 11) is 0. The Kier molecular flexibility index (Phi) is 1.82. The fraction of sp³-hybridized carbons (Fsp3) is 0.286. The van der Waals surface area contributed by atoms with Gasteiger partial charge in [-0.05, 0) is 6.07 Å². The van der Waals surface area contributed by atoms with Crippen molar-refractivity contribution in [2.24, 2.45) is 0 Å². The minimum atomic E-state index is -0.0129. The van der Waals surface area contributed by atoms with E-state index in [0.29, 0.717) is 4.34 Å². The predicted molar refractivity (Wildman–Crippen MR) is 50.1 cm³/mol. The third kappa shape index (κ3) is 1.15. The Bertz CT molecular complexity index is 320. The van der Waals surface area contributed by atoms with Gasteiger partial charge in [0.15, 0.2) is 5.78 Å². The minimum absolute atomic E-state index is 0.0129. The number of fused-ring (bicyclic) bond motifs is 1. The first-order valence-electron chi connectivity index (χ1n) is 3.15. The van der Waals surface area contributed by atoms with E-state index < -0.39 is 0 Å². The van der Waals surface area contributed by atoms with Gasteiger partial charge in [0.2, 0.25) is 0 Å². The van der Waals surface area contributed by atoms with Gasteiger partial charge in [-0.15, -0.1) is 11.3 Å². The first kappa shape index (κ1) is 7.77. The van der Waals surface area contributed by atoms with Crippen LogP contribution in [0.15, 0.2) is 6.07 Å². The maximum absolute atomic E-state index is 11.3. The second-order valence-corrected chi connectivity index (χ2v) is 5.30. The van der Waals surface area contributed by atoms with Gasteiger partial charge in [0.25, 0.3) is 0 Å². The Labute approximate surface area is 81.5 Å². The van der Waals surface area contributed by atoms with Crippen molar-refractivity contribution in [1.82, 2.24) is 0 Å². The summed E-state index contributed by atoms with van der Waals surface area (Å²) in [6.07, 6.45) is 0.797. The highest BCUT2D eigenvalue weighted by Crippen LogP contribution is 2.35. The molecule has 0 fully saturated rings. The molecule has 0 radical (unpaired) electrons. The van der Waals surface area contributed by atoms with E-state index in [-0.39, 0.29) is 10.6 Å². The van der Waals surface area contributed by atoms with Gasteiger partial charge in [0.05, 0.1) is 9.16 Å². The van der Waals surface area contributed by atoms with Crippen molar-refractivity contribution in [1.29, 1.82) is 0 Å². The number of carbonyl (C=O) groups excluding carboxylic acids is 1. The highest BCUT2D eigenvalue weighted by Gasteiger charge is 2.30. The summed E-state index contributed by atoms with van der Waals surface area (Å²) < 4.78 is 0.711. The quantitative estimate of drug-likeness (QED) is 0.648. The maximum Gasteiger partial charge on any atom is 0.177 e. The lowest BCUT2D eigenvalue weighted by Crippen LogP contribution is -2.06. The number of halogens is 2. The summed E-state index contributed by atoms with van der Waals surface area (Å²) in [5.41, 5.74) is 0.807. The zero-order chi connectivity index (χ0) is 8.01. The second kappa shape index (κ2) is 2.57. The third-order valence-electron chi connectivity index (χ3n) is 1.69. The van der Waals surface area contributed by atoms with Crippen LogP contribution in [-0.2, 0) is 6.42 Å². The molecule has 1 unspecified atom stereocenters. The topological polar surface area (TPSA) is 17.1 Å². The molecule has 1 aliphatic rings. The number of ketones is 1. The molecule has 58 valence electrons. The lowest BCUT2D eigenvalue weighted by Gasteiger charge is -1.92.